The topological polar surface area (TPSA) is 121 Å². The zero-order chi connectivity index (χ0) is 28.9. The van der Waals surface area contributed by atoms with Crippen LogP contribution in [-0.2, 0) is 11.8 Å². The first-order chi connectivity index (χ1) is 18.2. The van der Waals surface area contributed by atoms with Crippen LogP contribution in [0.15, 0.2) is 12.3 Å². The van der Waals surface area contributed by atoms with Crippen molar-refractivity contribution in [3.05, 3.63) is 44.9 Å². The van der Waals surface area contributed by atoms with Crippen molar-refractivity contribution >= 4 is 50.7 Å². The van der Waals surface area contributed by atoms with E-state index in [0.29, 0.717) is 27.3 Å². The predicted octanol–water partition coefficient (Wildman–Crippen LogP) is 5.97. The number of aryl methyl sites for hydroxylation is 2. The van der Waals surface area contributed by atoms with Crippen molar-refractivity contribution < 1.29 is 35.9 Å². The number of hydrogen-bond acceptors (Lipinski definition) is 6. The van der Waals surface area contributed by atoms with Crippen LogP contribution in [0.1, 0.15) is 64.7 Å². The minimum absolute atomic E-state index is 0.0655. The molecule has 0 aromatic carbocycles. The Labute approximate surface area is 224 Å². The van der Waals surface area contributed by atoms with Crippen LogP contribution in [-0.4, -0.2) is 36.4 Å². The molecule has 4 aromatic rings. The molecule has 39 heavy (non-hydrogen) atoms. The van der Waals surface area contributed by atoms with E-state index >= 15 is 0 Å². The number of carbonyl (C=O) groups is 2. The van der Waals surface area contributed by atoms with E-state index in [4.69, 9.17) is 17.3 Å². The smallest absolute Gasteiger partial charge is 0.283 e. The lowest BCUT2D eigenvalue weighted by atomic mass is 10.0. The maximum absolute atomic E-state index is 13.7. The average molecular weight is 594 g/mol. The number of nitrogens with one attached hydrogen (secondary N) is 1. The lowest BCUT2D eigenvalue weighted by Gasteiger charge is -2.16. The molecule has 0 fully saturated rings. The number of carbonyl (C=O) groups excluding carboxylic acids is 2. The zero-order valence-corrected chi connectivity index (χ0v) is 21.7. The van der Waals surface area contributed by atoms with Crippen molar-refractivity contribution in [2.24, 2.45) is 12.8 Å². The van der Waals surface area contributed by atoms with Crippen molar-refractivity contribution in [1.82, 2.24) is 24.5 Å². The van der Waals surface area contributed by atoms with Crippen LogP contribution < -0.4 is 11.1 Å². The molecule has 0 aliphatic carbocycles. The molecule has 4 heterocycles. The fraction of sp³-hybridized carbons (Fsp3) is 0.318. The molecule has 0 bridgehead atoms. The highest BCUT2D eigenvalue weighted by atomic mass is 35.5. The number of nitrogens with zero attached hydrogens (tertiary/aromatic N) is 5. The number of pyridine rings is 1. The van der Waals surface area contributed by atoms with Crippen LogP contribution >= 0.6 is 22.9 Å². The van der Waals surface area contributed by atoms with Gasteiger partial charge in [-0.3, -0.25) is 14.3 Å². The maximum Gasteiger partial charge on any atom is 0.283 e. The van der Waals surface area contributed by atoms with Crippen LogP contribution in [0.3, 0.4) is 0 Å². The molecule has 0 saturated carbocycles. The molecule has 2 amide bonds. The number of primary amides is 1. The fourth-order valence-electron chi connectivity index (χ4n) is 4.01. The molecule has 0 saturated heterocycles. The molecule has 17 heteroatoms. The molecule has 208 valence electrons. The summed E-state index contributed by atoms with van der Waals surface area (Å²) in [6.07, 6.45) is -8.10. The first-order valence-electron chi connectivity index (χ1n) is 10.9. The Hall–Kier alpha value is -3.66. The molecule has 0 radical (unpaired) electrons. The van der Waals surface area contributed by atoms with Gasteiger partial charge in [-0.05, 0) is 25.5 Å². The third kappa shape index (κ3) is 5.05. The number of thiophene rings is 1. The SMILES string of the molecule is Cc1nn(C)cc1-c1cc(C(F)F)nc2sc(C(N)=O)c(NC(=O)C(C)n3nc(C(F)F)c(Cl)c3C(F)F)c12. The van der Waals surface area contributed by atoms with E-state index in [9.17, 15) is 35.9 Å². The second-order valence-corrected chi connectivity index (χ2v) is 9.72. The van der Waals surface area contributed by atoms with Gasteiger partial charge in [-0.25, -0.2) is 36.0 Å². The second-order valence-electron chi connectivity index (χ2n) is 8.34. The number of fused-ring (bicyclic) bond motifs is 1. The maximum atomic E-state index is 13.7. The van der Waals surface area contributed by atoms with Crippen molar-refractivity contribution in [1.29, 1.82) is 0 Å². The summed E-state index contributed by atoms with van der Waals surface area (Å²) in [5.41, 5.74) is 3.36. The Bertz CT molecular complexity index is 1600. The van der Waals surface area contributed by atoms with Gasteiger partial charge >= 0.3 is 0 Å². The second kappa shape index (κ2) is 10.5. The van der Waals surface area contributed by atoms with Crippen LogP contribution in [0.5, 0.6) is 0 Å². The highest BCUT2D eigenvalue weighted by Gasteiger charge is 2.33. The van der Waals surface area contributed by atoms with E-state index < -0.39 is 59.2 Å². The van der Waals surface area contributed by atoms with Gasteiger partial charge in [0.1, 0.15) is 32.8 Å². The summed E-state index contributed by atoms with van der Waals surface area (Å²) in [6, 6.07) is -0.559. The number of rotatable bonds is 8. The number of anilines is 1. The lowest BCUT2D eigenvalue weighted by Crippen LogP contribution is -2.27. The van der Waals surface area contributed by atoms with Gasteiger partial charge in [0, 0.05) is 24.2 Å². The van der Waals surface area contributed by atoms with Gasteiger partial charge in [0.25, 0.3) is 25.2 Å². The quantitative estimate of drug-likeness (QED) is 0.244. The highest BCUT2D eigenvalue weighted by Crippen LogP contribution is 2.43. The number of hydrogen-bond donors (Lipinski definition) is 2. The number of nitrogens with two attached hydrogens (primary N) is 1. The summed E-state index contributed by atoms with van der Waals surface area (Å²) in [4.78, 5) is 29.1. The largest absolute Gasteiger partial charge is 0.365 e. The first kappa shape index (κ1) is 28.4. The highest BCUT2D eigenvalue weighted by molar-refractivity contribution is 7.21. The Kier molecular flexibility index (Phi) is 7.62. The van der Waals surface area contributed by atoms with Crippen LogP contribution in [0, 0.1) is 6.92 Å². The van der Waals surface area contributed by atoms with Gasteiger partial charge < -0.3 is 11.1 Å². The Morgan fingerprint density at radius 3 is 2.26 bits per heavy atom. The molecule has 1 unspecified atom stereocenters. The molecule has 0 spiro atoms. The summed E-state index contributed by atoms with van der Waals surface area (Å²) in [7, 11) is 1.60. The van der Waals surface area contributed by atoms with E-state index in [0.717, 1.165) is 13.0 Å². The van der Waals surface area contributed by atoms with E-state index in [2.05, 4.69) is 20.5 Å². The summed E-state index contributed by atoms with van der Waals surface area (Å²) < 4.78 is 83.1. The minimum atomic E-state index is -3.35. The molecule has 0 aliphatic heterocycles. The van der Waals surface area contributed by atoms with Crippen LogP contribution in [0.25, 0.3) is 21.3 Å². The average Bonchev–Trinajstić information content (AvgIpc) is 3.50. The molecular formula is C22H18ClF6N7O2S. The van der Waals surface area contributed by atoms with E-state index in [-0.39, 0.29) is 26.3 Å². The Morgan fingerprint density at radius 2 is 1.74 bits per heavy atom. The van der Waals surface area contributed by atoms with Gasteiger partial charge in [-0.2, -0.15) is 10.2 Å². The third-order valence-corrected chi connectivity index (χ3v) is 7.24. The van der Waals surface area contributed by atoms with E-state index in [1.165, 1.54) is 10.9 Å². The molecule has 4 aromatic heterocycles. The van der Waals surface area contributed by atoms with Crippen LogP contribution in [0.2, 0.25) is 5.02 Å². The van der Waals surface area contributed by atoms with Crippen molar-refractivity contribution in [3.8, 4) is 11.1 Å². The standard InChI is InChI=1S/C22H18ClF6N7O2S/c1-6-9(5-35(3)33-6)8-4-10(17(24)25)31-22-11(8)13(16(39-22)20(30)37)32-21(38)7(2)36-15(19(28)29)12(23)14(34-36)18(26)27/h4-5,7,17-19H,1-3H3,(H2,30,37)(H,32,38). The summed E-state index contributed by atoms with van der Waals surface area (Å²) >= 11 is 6.32. The zero-order valence-electron chi connectivity index (χ0n) is 20.1. The first-order valence-corrected chi connectivity index (χ1v) is 12.1. The summed E-state index contributed by atoms with van der Waals surface area (Å²) in [6.45, 7) is 2.71. The summed E-state index contributed by atoms with van der Waals surface area (Å²) in [5, 5.41) is 9.08. The number of halogens is 7. The van der Waals surface area contributed by atoms with Gasteiger partial charge in [0.15, 0.2) is 0 Å². The number of amides is 2. The van der Waals surface area contributed by atoms with Gasteiger partial charge in [-0.1, -0.05) is 11.6 Å². The molecule has 1 atom stereocenters. The molecule has 4 rings (SSSR count). The van der Waals surface area contributed by atoms with E-state index in [1.54, 1.807) is 14.0 Å². The predicted molar refractivity (Wildman–Crippen MR) is 131 cm³/mol. The van der Waals surface area contributed by atoms with Crippen molar-refractivity contribution in [2.45, 2.75) is 39.2 Å². The monoisotopic (exact) mass is 593 g/mol. The fourth-order valence-corrected chi connectivity index (χ4v) is 5.32. The van der Waals surface area contributed by atoms with Crippen molar-refractivity contribution in [3.63, 3.8) is 0 Å². The van der Waals surface area contributed by atoms with E-state index in [1.807, 2.05) is 0 Å². The normalized spacial score (nSPS) is 12.7. The number of aromatic nitrogens is 5. The molecule has 0 aliphatic rings. The third-order valence-electron chi connectivity index (χ3n) is 5.75. The summed E-state index contributed by atoms with van der Waals surface area (Å²) in [5.74, 6) is -2.10. The van der Waals surface area contributed by atoms with Crippen molar-refractivity contribution in [2.75, 3.05) is 5.32 Å². The van der Waals surface area contributed by atoms with Gasteiger partial charge in [0.05, 0.1) is 16.4 Å². The lowest BCUT2D eigenvalue weighted by molar-refractivity contribution is -0.119. The van der Waals surface area contributed by atoms with Gasteiger partial charge in [-0.15, -0.1) is 11.3 Å². The Morgan fingerprint density at radius 1 is 1.08 bits per heavy atom. The van der Waals surface area contributed by atoms with Crippen LogP contribution in [0.4, 0.5) is 32.0 Å². The van der Waals surface area contributed by atoms with Gasteiger partial charge in [0.2, 0.25) is 5.91 Å². The Balaban J connectivity index is 1.90. The molecule has 9 nitrogen and oxygen atoms in total. The molecule has 3 N–H and O–H groups in total. The number of alkyl halides is 6. The molecular weight excluding hydrogens is 576 g/mol. The minimum Gasteiger partial charge on any atom is -0.365 e.